The molecule has 20 heavy (non-hydrogen) atoms. The number of nitrogens with one attached hydrogen (secondary N) is 1. The van der Waals surface area contributed by atoms with Gasteiger partial charge >= 0.3 is 0 Å². The Kier molecular flexibility index (Phi) is 6.65. The molecule has 1 aliphatic rings. The van der Waals surface area contributed by atoms with E-state index in [1.54, 1.807) is 6.20 Å². The van der Waals surface area contributed by atoms with Gasteiger partial charge in [0.25, 0.3) is 0 Å². The molecule has 1 aliphatic carbocycles. The van der Waals surface area contributed by atoms with E-state index in [0.717, 1.165) is 31.1 Å². The van der Waals surface area contributed by atoms with Gasteiger partial charge in [0.1, 0.15) is 18.9 Å². The summed E-state index contributed by atoms with van der Waals surface area (Å²) in [5, 5.41) is 22.4. The van der Waals surface area contributed by atoms with E-state index >= 15 is 0 Å². The summed E-state index contributed by atoms with van der Waals surface area (Å²) >= 11 is 1.08. The molecule has 0 radical (unpaired) electrons. The summed E-state index contributed by atoms with van der Waals surface area (Å²) in [5.41, 5.74) is 0. The first-order chi connectivity index (χ1) is 9.79. The number of hydrogen-bond donors (Lipinski definition) is 3. The van der Waals surface area contributed by atoms with Gasteiger partial charge in [-0.1, -0.05) is 12.8 Å². The molecule has 7 heteroatoms. The minimum Gasteiger partial charge on any atom is -0.473 e. The number of aromatic nitrogens is 2. The van der Waals surface area contributed by atoms with Crippen LogP contribution < -0.4 is 10.1 Å². The third kappa shape index (κ3) is 4.97. The number of hydrogen-bond acceptors (Lipinski definition) is 7. The van der Waals surface area contributed by atoms with Gasteiger partial charge in [-0.15, -0.1) is 4.37 Å². The fraction of sp³-hybridized carbons (Fsp3) is 0.846. The van der Waals surface area contributed by atoms with E-state index in [1.165, 1.54) is 12.8 Å². The summed E-state index contributed by atoms with van der Waals surface area (Å²) in [6, 6.07) is 0. The van der Waals surface area contributed by atoms with Gasteiger partial charge in [-0.05, 0) is 31.2 Å². The van der Waals surface area contributed by atoms with Crippen molar-refractivity contribution in [2.45, 2.75) is 31.8 Å². The Morgan fingerprint density at radius 2 is 2.20 bits per heavy atom. The van der Waals surface area contributed by atoms with Gasteiger partial charge in [0.2, 0.25) is 5.88 Å². The molecule has 1 heterocycles. The van der Waals surface area contributed by atoms with Crippen molar-refractivity contribution in [3.63, 3.8) is 0 Å². The monoisotopic (exact) mass is 301 g/mol. The molecule has 0 bridgehead atoms. The van der Waals surface area contributed by atoms with E-state index in [4.69, 9.17) is 4.74 Å². The Morgan fingerprint density at radius 1 is 1.40 bits per heavy atom. The molecule has 0 saturated heterocycles. The highest BCUT2D eigenvalue weighted by Crippen LogP contribution is 2.28. The molecule has 2 rings (SSSR count). The molecule has 3 N–H and O–H groups in total. The zero-order valence-corrected chi connectivity index (χ0v) is 12.4. The lowest BCUT2D eigenvalue weighted by atomic mass is 9.79. The number of ether oxygens (including phenoxy) is 1. The normalized spacial score (nSPS) is 24.5. The zero-order valence-electron chi connectivity index (χ0n) is 11.6. The van der Waals surface area contributed by atoms with Gasteiger partial charge in [-0.25, -0.2) is 0 Å². The molecular formula is C13H23N3O3S. The standard InChI is InChI=1S/C13H23N3O3S/c17-8-11-4-2-1-3-10(11)5-14-6-12(18)9-19-13-7-15-20-16-13/h7,10-12,14,17-18H,1-6,8-9H2. The molecule has 3 unspecified atom stereocenters. The fourth-order valence-corrected chi connectivity index (χ4v) is 3.05. The van der Waals surface area contributed by atoms with Crippen molar-refractivity contribution < 1.29 is 14.9 Å². The Balaban J connectivity index is 1.59. The maximum Gasteiger partial charge on any atom is 0.245 e. The number of rotatable bonds is 8. The molecule has 1 aromatic rings. The van der Waals surface area contributed by atoms with Crippen LogP contribution >= 0.6 is 11.7 Å². The Labute approximate surface area is 123 Å². The van der Waals surface area contributed by atoms with Crippen LogP contribution in [0.15, 0.2) is 6.20 Å². The van der Waals surface area contributed by atoms with Crippen molar-refractivity contribution in [2.75, 3.05) is 26.3 Å². The first-order valence-electron chi connectivity index (χ1n) is 7.19. The lowest BCUT2D eigenvalue weighted by Crippen LogP contribution is -2.37. The van der Waals surface area contributed by atoms with Crippen LogP contribution in [0.5, 0.6) is 5.88 Å². The maximum absolute atomic E-state index is 9.82. The predicted molar refractivity (Wildman–Crippen MR) is 76.8 cm³/mol. The van der Waals surface area contributed by atoms with Gasteiger partial charge in [0.05, 0.1) is 11.7 Å². The SMILES string of the molecule is OCC1CCCCC1CNCC(O)COc1cnsn1. The summed E-state index contributed by atoms with van der Waals surface area (Å²) < 4.78 is 13.0. The molecule has 0 amide bonds. The molecule has 3 atom stereocenters. The molecule has 6 nitrogen and oxygen atoms in total. The summed E-state index contributed by atoms with van der Waals surface area (Å²) in [5.74, 6) is 1.39. The van der Waals surface area contributed by atoms with Gasteiger partial charge < -0.3 is 20.3 Å². The lowest BCUT2D eigenvalue weighted by Gasteiger charge is -2.30. The average molecular weight is 301 g/mol. The first kappa shape index (κ1) is 15.6. The lowest BCUT2D eigenvalue weighted by molar-refractivity contribution is 0.0961. The Bertz CT molecular complexity index is 364. The van der Waals surface area contributed by atoms with Gasteiger partial charge in [0.15, 0.2) is 0 Å². The van der Waals surface area contributed by atoms with Crippen LogP contribution in [0.1, 0.15) is 25.7 Å². The topological polar surface area (TPSA) is 87.5 Å². The highest BCUT2D eigenvalue weighted by atomic mass is 32.1. The first-order valence-corrected chi connectivity index (χ1v) is 7.92. The van der Waals surface area contributed by atoms with Crippen molar-refractivity contribution in [3.05, 3.63) is 6.20 Å². The third-order valence-electron chi connectivity index (χ3n) is 3.85. The van der Waals surface area contributed by atoms with Crippen molar-refractivity contribution in [3.8, 4) is 5.88 Å². The van der Waals surface area contributed by atoms with Crippen molar-refractivity contribution in [2.24, 2.45) is 11.8 Å². The van der Waals surface area contributed by atoms with Crippen molar-refractivity contribution in [1.29, 1.82) is 0 Å². The van der Waals surface area contributed by atoms with E-state index in [1.807, 2.05) is 0 Å². The van der Waals surface area contributed by atoms with E-state index in [9.17, 15) is 10.2 Å². The molecule has 114 valence electrons. The molecule has 1 aromatic heterocycles. The quantitative estimate of drug-likeness (QED) is 0.654. The van der Waals surface area contributed by atoms with Gasteiger partial charge in [-0.3, -0.25) is 0 Å². The van der Waals surface area contributed by atoms with Crippen LogP contribution in [-0.2, 0) is 0 Å². The second kappa shape index (κ2) is 8.51. The highest BCUT2D eigenvalue weighted by molar-refractivity contribution is 6.99. The van der Waals surface area contributed by atoms with Gasteiger partial charge in [0, 0.05) is 13.2 Å². The molecule has 1 fully saturated rings. The second-order valence-corrected chi connectivity index (χ2v) is 5.91. The van der Waals surface area contributed by atoms with E-state index < -0.39 is 6.10 Å². The molecular weight excluding hydrogens is 278 g/mol. The predicted octanol–water partition coefficient (Wildman–Crippen LogP) is 0.666. The van der Waals surface area contributed by atoms with Crippen molar-refractivity contribution in [1.82, 2.24) is 14.1 Å². The van der Waals surface area contributed by atoms with E-state index in [2.05, 4.69) is 14.1 Å². The Hall–Kier alpha value is -0.760. The molecule has 0 aliphatic heterocycles. The van der Waals surface area contributed by atoms with Crippen LogP contribution in [0.25, 0.3) is 0 Å². The summed E-state index contributed by atoms with van der Waals surface area (Å²) in [6.07, 6.45) is 5.72. The van der Waals surface area contributed by atoms with Crippen molar-refractivity contribution >= 4 is 11.7 Å². The van der Waals surface area contributed by atoms with Crippen LogP contribution in [0.2, 0.25) is 0 Å². The van der Waals surface area contributed by atoms with E-state index in [0.29, 0.717) is 24.3 Å². The minimum atomic E-state index is -0.562. The largest absolute Gasteiger partial charge is 0.473 e. The fourth-order valence-electron chi connectivity index (χ4n) is 2.69. The smallest absolute Gasteiger partial charge is 0.245 e. The number of aliphatic hydroxyl groups excluding tert-OH is 2. The number of nitrogens with zero attached hydrogens (tertiary/aromatic N) is 2. The molecule has 0 spiro atoms. The maximum atomic E-state index is 9.82. The summed E-state index contributed by atoms with van der Waals surface area (Å²) in [6.45, 7) is 1.83. The summed E-state index contributed by atoms with van der Waals surface area (Å²) in [7, 11) is 0. The number of aliphatic hydroxyl groups is 2. The van der Waals surface area contributed by atoms with Crippen LogP contribution in [0, 0.1) is 11.8 Å². The van der Waals surface area contributed by atoms with Crippen LogP contribution in [0.3, 0.4) is 0 Å². The van der Waals surface area contributed by atoms with E-state index in [-0.39, 0.29) is 13.2 Å². The van der Waals surface area contributed by atoms with Crippen LogP contribution in [-0.4, -0.2) is 51.4 Å². The molecule has 0 aromatic carbocycles. The second-order valence-electron chi connectivity index (χ2n) is 5.36. The minimum absolute atomic E-state index is 0.215. The zero-order chi connectivity index (χ0) is 14.2. The average Bonchev–Trinajstić information content (AvgIpc) is 2.99. The molecule has 1 saturated carbocycles. The van der Waals surface area contributed by atoms with Gasteiger partial charge in [-0.2, -0.15) is 4.37 Å². The Morgan fingerprint density at radius 3 is 2.90 bits per heavy atom. The summed E-state index contributed by atoms with van der Waals surface area (Å²) in [4.78, 5) is 0. The van der Waals surface area contributed by atoms with Crippen LogP contribution in [0.4, 0.5) is 0 Å². The third-order valence-corrected chi connectivity index (χ3v) is 4.31. The highest BCUT2D eigenvalue weighted by Gasteiger charge is 2.24.